The number of nitrogen functional groups attached to an aromatic ring is 1. The molecular weight excluding hydrogens is 244 g/mol. The Bertz CT molecular complexity index is 566. The second-order valence-electron chi connectivity index (χ2n) is 4.24. The smallest absolute Gasteiger partial charge is 0.251 e. The third kappa shape index (κ3) is 2.89. The van der Waals surface area contributed by atoms with Crippen molar-refractivity contribution in [2.24, 2.45) is 5.84 Å². The highest BCUT2D eigenvalue weighted by Crippen LogP contribution is 2.16. The summed E-state index contributed by atoms with van der Waals surface area (Å²) in [4.78, 5) is 16.1. The minimum atomic E-state index is -0.234. The van der Waals surface area contributed by atoms with E-state index in [2.05, 4.69) is 25.9 Å². The van der Waals surface area contributed by atoms with Crippen LogP contribution in [-0.2, 0) is 0 Å². The van der Waals surface area contributed by atoms with Gasteiger partial charge in [0.25, 0.3) is 5.91 Å². The van der Waals surface area contributed by atoms with Gasteiger partial charge in [0.05, 0.1) is 11.7 Å². The molecular formula is C12H16N6O. The predicted octanol–water partition coefficient (Wildman–Crippen LogP) is 0.890. The van der Waals surface area contributed by atoms with Gasteiger partial charge in [-0.2, -0.15) is 5.10 Å². The molecule has 0 fully saturated rings. The fraction of sp³-hybridized carbons (Fsp3) is 0.250. The summed E-state index contributed by atoms with van der Waals surface area (Å²) < 4.78 is 0. The fourth-order valence-electron chi connectivity index (χ4n) is 1.74. The lowest BCUT2D eigenvalue weighted by atomic mass is 10.1. The number of hydrogen-bond acceptors (Lipinski definition) is 5. The number of nitrogens with one attached hydrogen (secondary N) is 3. The largest absolute Gasteiger partial charge is 0.342 e. The first kappa shape index (κ1) is 13.0. The van der Waals surface area contributed by atoms with E-state index in [9.17, 15) is 4.79 Å². The van der Waals surface area contributed by atoms with Crippen LogP contribution < -0.4 is 16.6 Å². The minimum Gasteiger partial charge on any atom is -0.342 e. The summed E-state index contributed by atoms with van der Waals surface area (Å²) in [6, 6.07) is 5.02. The number of benzene rings is 1. The summed E-state index contributed by atoms with van der Waals surface area (Å²) in [6.45, 7) is 3.72. The topological polar surface area (TPSA) is 109 Å². The Morgan fingerprint density at radius 1 is 1.47 bits per heavy atom. The quantitative estimate of drug-likeness (QED) is 0.482. The standard InChI is InChI=1S/C12H16N6O/c1-7-5-9(3-4-10(7)17-13)12(19)16-8(2)11-14-6-15-18-11/h3-6,8,17H,13H2,1-2H3,(H,16,19)(H,14,15,18). The molecule has 1 atom stereocenters. The molecule has 1 aromatic carbocycles. The fourth-order valence-corrected chi connectivity index (χ4v) is 1.74. The number of aryl methyl sites for hydroxylation is 1. The maximum atomic E-state index is 12.1. The Morgan fingerprint density at radius 3 is 2.84 bits per heavy atom. The Kier molecular flexibility index (Phi) is 3.76. The SMILES string of the molecule is Cc1cc(C(=O)NC(C)c2ncn[nH]2)ccc1NN. The predicted molar refractivity (Wildman–Crippen MR) is 71.3 cm³/mol. The lowest BCUT2D eigenvalue weighted by Crippen LogP contribution is -2.27. The normalized spacial score (nSPS) is 11.9. The van der Waals surface area contributed by atoms with Gasteiger partial charge in [0, 0.05) is 5.56 Å². The molecule has 7 nitrogen and oxygen atoms in total. The van der Waals surface area contributed by atoms with Crippen molar-refractivity contribution in [3.8, 4) is 0 Å². The first-order chi connectivity index (χ1) is 9.11. The van der Waals surface area contributed by atoms with E-state index < -0.39 is 0 Å². The maximum absolute atomic E-state index is 12.1. The average molecular weight is 260 g/mol. The van der Waals surface area contributed by atoms with Crippen LogP contribution in [0.15, 0.2) is 24.5 Å². The zero-order valence-corrected chi connectivity index (χ0v) is 10.8. The second-order valence-corrected chi connectivity index (χ2v) is 4.24. The summed E-state index contributed by atoms with van der Waals surface area (Å²) in [7, 11) is 0. The third-order valence-electron chi connectivity index (χ3n) is 2.84. The number of carbonyl (C=O) groups is 1. The molecule has 1 aromatic heterocycles. The Balaban J connectivity index is 2.10. The van der Waals surface area contributed by atoms with Crippen LogP contribution in [-0.4, -0.2) is 21.1 Å². The van der Waals surface area contributed by atoms with Gasteiger partial charge < -0.3 is 10.7 Å². The number of hydrogen-bond donors (Lipinski definition) is 4. The molecule has 2 rings (SSSR count). The highest BCUT2D eigenvalue weighted by Gasteiger charge is 2.14. The third-order valence-corrected chi connectivity index (χ3v) is 2.84. The van der Waals surface area contributed by atoms with Gasteiger partial charge in [-0.1, -0.05) is 0 Å². The molecule has 19 heavy (non-hydrogen) atoms. The van der Waals surface area contributed by atoms with Gasteiger partial charge in [0.2, 0.25) is 0 Å². The van der Waals surface area contributed by atoms with Crippen LogP contribution in [0.1, 0.15) is 34.7 Å². The number of aromatic nitrogens is 3. The van der Waals surface area contributed by atoms with Crippen molar-refractivity contribution >= 4 is 11.6 Å². The summed E-state index contributed by atoms with van der Waals surface area (Å²) in [5.74, 6) is 5.80. The first-order valence-electron chi connectivity index (χ1n) is 5.85. The van der Waals surface area contributed by atoms with Crippen LogP contribution in [0.4, 0.5) is 5.69 Å². The van der Waals surface area contributed by atoms with Crippen molar-refractivity contribution in [2.45, 2.75) is 19.9 Å². The number of rotatable bonds is 4. The van der Waals surface area contributed by atoms with E-state index in [1.807, 2.05) is 13.8 Å². The van der Waals surface area contributed by atoms with Crippen LogP contribution in [0, 0.1) is 6.92 Å². The van der Waals surface area contributed by atoms with Crippen LogP contribution >= 0.6 is 0 Å². The number of carbonyl (C=O) groups excluding carboxylic acids is 1. The number of nitrogens with two attached hydrogens (primary N) is 1. The molecule has 0 radical (unpaired) electrons. The number of amides is 1. The first-order valence-corrected chi connectivity index (χ1v) is 5.85. The molecule has 1 heterocycles. The summed E-state index contributed by atoms with van der Waals surface area (Å²) in [5, 5.41) is 9.31. The number of hydrazine groups is 1. The van der Waals surface area contributed by atoms with Crippen molar-refractivity contribution in [3.63, 3.8) is 0 Å². The van der Waals surface area contributed by atoms with Crippen LogP contribution in [0.25, 0.3) is 0 Å². The number of nitrogens with zero attached hydrogens (tertiary/aromatic N) is 2. The van der Waals surface area contributed by atoms with Gasteiger partial charge in [-0.25, -0.2) is 4.98 Å². The summed E-state index contributed by atoms with van der Waals surface area (Å²) in [6.07, 6.45) is 1.41. The molecule has 0 aliphatic heterocycles. The van der Waals surface area contributed by atoms with Crippen LogP contribution in [0.2, 0.25) is 0 Å². The van der Waals surface area contributed by atoms with Gasteiger partial charge in [-0.05, 0) is 37.6 Å². The Labute approximate surface area is 110 Å². The van der Waals surface area contributed by atoms with Crippen molar-refractivity contribution in [1.29, 1.82) is 0 Å². The molecule has 0 saturated heterocycles. The van der Waals surface area contributed by atoms with Gasteiger partial charge in [-0.3, -0.25) is 15.7 Å². The molecule has 5 N–H and O–H groups in total. The molecule has 0 aliphatic carbocycles. The van der Waals surface area contributed by atoms with E-state index in [0.29, 0.717) is 11.4 Å². The monoisotopic (exact) mass is 260 g/mol. The molecule has 0 aliphatic rings. The molecule has 2 aromatic rings. The lowest BCUT2D eigenvalue weighted by Gasteiger charge is -2.12. The van der Waals surface area contributed by atoms with E-state index in [4.69, 9.17) is 5.84 Å². The molecule has 1 unspecified atom stereocenters. The Morgan fingerprint density at radius 2 is 2.26 bits per heavy atom. The highest BCUT2D eigenvalue weighted by molar-refractivity contribution is 5.95. The van der Waals surface area contributed by atoms with Crippen molar-refractivity contribution in [3.05, 3.63) is 41.5 Å². The average Bonchev–Trinajstić information content (AvgIpc) is 2.92. The van der Waals surface area contributed by atoms with Crippen LogP contribution in [0.3, 0.4) is 0 Å². The van der Waals surface area contributed by atoms with Crippen molar-refractivity contribution in [1.82, 2.24) is 20.5 Å². The molecule has 100 valence electrons. The maximum Gasteiger partial charge on any atom is 0.251 e. The van der Waals surface area contributed by atoms with E-state index in [1.54, 1.807) is 18.2 Å². The lowest BCUT2D eigenvalue weighted by molar-refractivity contribution is 0.0938. The highest BCUT2D eigenvalue weighted by atomic mass is 16.1. The Hall–Kier alpha value is -2.41. The molecule has 0 spiro atoms. The van der Waals surface area contributed by atoms with E-state index in [1.165, 1.54) is 6.33 Å². The van der Waals surface area contributed by atoms with Gasteiger partial charge in [0.15, 0.2) is 0 Å². The molecule has 0 saturated carbocycles. The minimum absolute atomic E-state index is 0.171. The molecule has 7 heteroatoms. The molecule has 0 bridgehead atoms. The van der Waals surface area contributed by atoms with Gasteiger partial charge in [0.1, 0.15) is 12.2 Å². The zero-order chi connectivity index (χ0) is 13.8. The number of aromatic amines is 1. The summed E-state index contributed by atoms with van der Waals surface area (Å²) >= 11 is 0. The molecule has 1 amide bonds. The zero-order valence-electron chi connectivity index (χ0n) is 10.8. The number of anilines is 1. The van der Waals surface area contributed by atoms with Crippen molar-refractivity contribution < 1.29 is 4.79 Å². The van der Waals surface area contributed by atoms with E-state index >= 15 is 0 Å². The van der Waals surface area contributed by atoms with Crippen molar-refractivity contribution in [2.75, 3.05) is 5.43 Å². The van der Waals surface area contributed by atoms with E-state index in [-0.39, 0.29) is 11.9 Å². The number of H-pyrrole nitrogens is 1. The van der Waals surface area contributed by atoms with Gasteiger partial charge >= 0.3 is 0 Å². The summed E-state index contributed by atoms with van der Waals surface area (Å²) in [5.41, 5.74) is 4.84. The second kappa shape index (κ2) is 5.49. The van der Waals surface area contributed by atoms with Crippen LogP contribution in [0.5, 0.6) is 0 Å². The van der Waals surface area contributed by atoms with Gasteiger partial charge in [-0.15, -0.1) is 0 Å². The van der Waals surface area contributed by atoms with E-state index in [0.717, 1.165) is 11.3 Å².